The molecule has 0 atom stereocenters. The number of non-ortho nitro benzene ring substituents is 2. The smallest absolute Gasteiger partial charge is 0.282 e. The van der Waals surface area contributed by atoms with E-state index < -0.39 is 15.4 Å². The maximum atomic E-state index is 13.6. The van der Waals surface area contributed by atoms with Gasteiger partial charge in [0.2, 0.25) is 5.82 Å². The lowest BCUT2D eigenvalue weighted by atomic mass is 10.2. The van der Waals surface area contributed by atoms with Gasteiger partial charge in [0.15, 0.2) is 5.76 Å². The zero-order valence-corrected chi connectivity index (χ0v) is 21.6. The topological polar surface area (TPSA) is 156 Å². The first-order valence-corrected chi connectivity index (χ1v) is 12.6. The molecule has 0 saturated heterocycles. The molecular formula is C30H19N5O7. The van der Waals surface area contributed by atoms with Crippen LogP contribution in [0.2, 0.25) is 0 Å². The van der Waals surface area contributed by atoms with E-state index in [9.17, 15) is 25.0 Å². The highest BCUT2D eigenvalue weighted by molar-refractivity contribution is 5.86. The van der Waals surface area contributed by atoms with Crippen molar-refractivity contribution < 1.29 is 19.0 Å². The molecule has 6 rings (SSSR count). The van der Waals surface area contributed by atoms with Crippen LogP contribution in [0.25, 0.3) is 33.5 Å². The molecule has 42 heavy (non-hydrogen) atoms. The van der Waals surface area contributed by atoms with E-state index in [1.165, 1.54) is 42.6 Å². The zero-order valence-electron chi connectivity index (χ0n) is 21.6. The van der Waals surface area contributed by atoms with E-state index in [0.717, 1.165) is 10.1 Å². The van der Waals surface area contributed by atoms with Gasteiger partial charge in [0.25, 0.3) is 16.9 Å². The molecule has 12 heteroatoms. The SMILES string of the molecule is O=c1c2ccccc2nc(-c2cc3ccccc3o2)n1N=Cc1cc([N+](=O)[O-])ccc1OCc1cccc([N+](=O)[O-])c1. The summed E-state index contributed by atoms with van der Waals surface area (Å²) in [4.78, 5) is 39.8. The van der Waals surface area contributed by atoms with Crippen LogP contribution in [-0.4, -0.2) is 25.7 Å². The number of ether oxygens (including phenoxy) is 1. The third-order valence-electron chi connectivity index (χ3n) is 6.43. The van der Waals surface area contributed by atoms with E-state index in [1.807, 2.05) is 18.2 Å². The van der Waals surface area contributed by atoms with Gasteiger partial charge in [-0.05, 0) is 35.9 Å². The Hall–Kier alpha value is -6.17. The van der Waals surface area contributed by atoms with Crippen LogP contribution in [0.5, 0.6) is 5.75 Å². The molecule has 12 nitrogen and oxygen atoms in total. The summed E-state index contributed by atoms with van der Waals surface area (Å²) in [6.45, 7) is -0.0535. The fourth-order valence-electron chi connectivity index (χ4n) is 4.40. The van der Waals surface area contributed by atoms with Crippen LogP contribution in [0.3, 0.4) is 0 Å². The largest absolute Gasteiger partial charge is 0.488 e. The van der Waals surface area contributed by atoms with Crippen molar-refractivity contribution in [3.63, 3.8) is 0 Å². The quantitative estimate of drug-likeness (QED) is 0.123. The predicted octanol–water partition coefficient (Wildman–Crippen LogP) is 6.09. The number of furan rings is 1. The van der Waals surface area contributed by atoms with Crippen molar-refractivity contribution in [2.24, 2.45) is 5.10 Å². The van der Waals surface area contributed by atoms with Crippen molar-refractivity contribution in [2.45, 2.75) is 6.61 Å². The lowest BCUT2D eigenvalue weighted by Crippen LogP contribution is -2.20. The molecule has 0 fully saturated rings. The minimum atomic E-state index is -0.564. The lowest BCUT2D eigenvalue weighted by Gasteiger charge is -2.10. The molecule has 4 aromatic carbocycles. The van der Waals surface area contributed by atoms with Gasteiger partial charge >= 0.3 is 0 Å². The number of nitro benzene ring substituents is 2. The van der Waals surface area contributed by atoms with Gasteiger partial charge in [-0.15, -0.1) is 0 Å². The summed E-state index contributed by atoms with van der Waals surface area (Å²) in [5, 5.41) is 28.2. The van der Waals surface area contributed by atoms with Crippen LogP contribution in [0, 0.1) is 20.2 Å². The zero-order chi connectivity index (χ0) is 29.2. The molecule has 0 aliphatic heterocycles. The van der Waals surface area contributed by atoms with Crippen LogP contribution < -0.4 is 10.3 Å². The Kier molecular flexibility index (Phi) is 6.69. The van der Waals surface area contributed by atoms with Gasteiger partial charge in [0.1, 0.15) is 17.9 Å². The van der Waals surface area contributed by atoms with E-state index in [0.29, 0.717) is 27.8 Å². The molecule has 0 radical (unpaired) electrons. The normalized spacial score (nSPS) is 11.3. The number of hydrogen-bond acceptors (Lipinski definition) is 9. The van der Waals surface area contributed by atoms with E-state index >= 15 is 0 Å². The number of hydrogen-bond donors (Lipinski definition) is 0. The Morgan fingerprint density at radius 2 is 1.64 bits per heavy atom. The van der Waals surface area contributed by atoms with Crippen LogP contribution in [0.15, 0.2) is 111 Å². The molecule has 2 heterocycles. The van der Waals surface area contributed by atoms with Crippen LogP contribution >= 0.6 is 0 Å². The molecule has 0 aliphatic rings. The van der Waals surface area contributed by atoms with E-state index in [1.54, 1.807) is 42.5 Å². The van der Waals surface area contributed by atoms with Crippen LogP contribution in [-0.2, 0) is 6.61 Å². The van der Waals surface area contributed by atoms with Gasteiger partial charge in [-0.1, -0.05) is 42.5 Å². The van der Waals surface area contributed by atoms with Crippen LogP contribution in [0.1, 0.15) is 11.1 Å². The third kappa shape index (κ3) is 5.07. The Labute approximate surface area is 236 Å². The molecule has 0 saturated carbocycles. The molecule has 0 spiro atoms. The second-order valence-corrected chi connectivity index (χ2v) is 9.16. The molecule has 0 unspecified atom stereocenters. The number of nitro groups is 2. The summed E-state index contributed by atoms with van der Waals surface area (Å²) in [6.07, 6.45) is 1.26. The van der Waals surface area contributed by atoms with Gasteiger partial charge in [-0.3, -0.25) is 25.0 Å². The summed E-state index contributed by atoms with van der Waals surface area (Å²) >= 11 is 0. The summed E-state index contributed by atoms with van der Waals surface area (Å²) < 4.78 is 12.9. The highest BCUT2D eigenvalue weighted by Gasteiger charge is 2.17. The summed E-state index contributed by atoms with van der Waals surface area (Å²) in [6, 6.07) is 25.7. The molecular weight excluding hydrogens is 542 g/mol. The Morgan fingerprint density at radius 1 is 0.881 bits per heavy atom. The summed E-state index contributed by atoms with van der Waals surface area (Å²) in [5.74, 6) is 0.649. The second-order valence-electron chi connectivity index (χ2n) is 9.16. The first kappa shape index (κ1) is 26.1. The molecule has 206 valence electrons. The fourth-order valence-corrected chi connectivity index (χ4v) is 4.40. The number of nitrogens with zero attached hydrogens (tertiary/aromatic N) is 5. The van der Waals surface area contributed by atoms with Gasteiger partial charge in [-0.25, -0.2) is 4.98 Å². The number of benzene rings is 4. The second kappa shape index (κ2) is 10.8. The standard InChI is InChI=1S/C30H19N5O7/c36-30-24-9-2-3-10-25(24)32-29(28-16-20-7-1-4-11-27(20)42-28)33(30)31-17-21-15-23(35(39)40)12-13-26(21)41-18-19-6-5-8-22(14-19)34(37)38/h1-17H,18H2. The predicted molar refractivity (Wildman–Crippen MR) is 155 cm³/mol. The average Bonchev–Trinajstić information content (AvgIpc) is 3.44. The molecule has 2 aromatic heterocycles. The molecule has 6 aromatic rings. The average molecular weight is 562 g/mol. The third-order valence-corrected chi connectivity index (χ3v) is 6.43. The highest BCUT2D eigenvalue weighted by Crippen LogP contribution is 2.28. The molecule has 0 amide bonds. The van der Waals surface area contributed by atoms with Gasteiger partial charge in [-0.2, -0.15) is 9.78 Å². The monoisotopic (exact) mass is 561 g/mol. The Bertz CT molecular complexity index is 2070. The molecule has 0 N–H and O–H groups in total. The van der Waals surface area contributed by atoms with Gasteiger partial charge < -0.3 is 9.15 Å². The minimum absolute atomic E-state index is 0.0535. The summed E-state index contributed by atoms with van der Waals surface area (Å²) in [5.41, 5.74) is 0.972. The lowest BCUT2D eigenvalue weighted by molar-refractivity contribution is -0.385. The number of para-hydroxylation sites is 2. The van der Waals surface area contributed by atoms with Gasteiger partial charge in [0, 0.05) is 35.2 Å². The van der Waals surface area contributed by atoms with Crippen molar-refractivity contribution in [1.29, 1.82) is 0 Å². The van der Waals surface area contributed by atoms with Gasteiger partial charge in [0.05, 0.1) is 27.0 Å². The van der Waals surface area contributed by atoms with E-state index in [4.69, 9.17) is 9.15 Å². The first-order chi connectivity index (χ1) is 20.4. The van der Waals surface area contributed by atoms with Crippen LogP contribution in [0.4, 0.5) is 11.4 Å². The Morgan fingerprint density at radius 3 is 2.45 bits per heavy atom. The maximum absolute atomic E-state index is 13.6. The highest BCUT2D eigenvalue weighted by atomic mass is 16.6. The Balaban J connectivity index is 1.44. The summed E-state index contributed by atoms with van der Waals surface area (Å²) in [7, 11) is 0. The molecule has 0 aliphatic carbocycles. The number of aromatic nitrogens is 2. The van der Waals surface area contributed by atoms with Crippen molar-refractivity contribution in [2.75, 3.05) is 0 Å². The first-order valence-electron chi connectivity index (χ1n) is 12.6. The van der Waals surface area contributed by atoms with Crippen molar-refractivity contribution in [1.82, 2.24) is 9.66 Å². The minimum Gasteiger partial charge on any atom is -0.488 e. The van der Waals surface area contributed by atoms with E-state index in [-0.39, 0.29) is 35.1 Å². The van der Waals surface area contributed by atoms with E-state index in [2.05, 4.69) is 10.1 Å². The van der Waals surface area contributed by atoms with Crippen molar-refractivity contribution >= 4 is 39.5 Å². The van der Waals surface area contributed by atoms with Crippen molar-refractivity contribution in [3.05, 3.63) is 139 Å². The number of fused-ring (bicyclic) bond motifs is 2. The maximum Gasteiger partial charge on any atom is 0.282 e. The fraction of sp³-hybridized carbons (Fsp3) is 0.0333. The van der Waals surface area contributed by atoms with Crippen molar-refractivity contribution in [3.8, 4) is 17.3 Å². The molecule has 0 bridgehead atoms. The number of rotatable bonds is 8.